The normalized spacial score (nSPS) is 13.6. The molecular weight excluding hydrogens is 404 g/mol. The summed E-state index contributed by atoms with van der Waals surface area (Å²) < 4.78 is 20.8. The lowest BCUT2D eigenvalue weighted by Gasteiger charge is -2.25. The molecule has 1 saturated heterocycles. The third-order valence-electron chi connectivity index (χ3n) is 5.12. The number of nitrogens with one attached hydrogen (secondary N) is 1. The highest BCUT2D eigenvalue weighted by molar-refractivity contribution is 5.99. The van der Waals surface area contributed by atoms with E-state index in [1.54, 1.807) is 12.1 Å². The number of aromatic nitrogens is 1. The molecular formula is C21H28N4O6. The van der Waals surface area contributed by atoms with E-state index in [-0.39, 0.29) is 18.4 Å². The average molecular weight is 432 g/mol. The Kier molecular flexibility index (Phi) is 7.71. The highest BCUT2D eigenvalue weighted by Gasteiger charge is 2.24. The van der Waals surface area contributed by atoms with Crippen LogP contribution in [-0.4, -0.2) is 80.8 Å². The smallest absolute Gasteiger partial charge is 0.254 e. The van der Waals surface area contributed by atoms with E-state index in [0.29, 0.717) is 41.7 Å². The van der Waals surface area contributed by atoms with E-state index in [1.807, 2.05) is 0 Å². The first-order valence-corrected chi connectivity index (χ1v) is 10.1. The summed E-state index contributed by atoms with van der Waals surface area (Å²) in [7, 11) is 4.47. The fourth-order valence-electron chi connectivity index (χ4n) is 3.54. The van der Waals surface area contributed by atoms with Crippen molar-refractivity contribution in [3.05, 3.63) is 30.0 Å². The largest absolute Gasteiger partial charge is 0.493 e. The minimum absolute atomic E-state index is 0.129. The van der Waals surface area contributed by atoms with Crippen LogP contribution in [0.25, 0.3) is 0 Å². The van der Waals surface area contributed by atoms with Gasteiger partial charge in [0.15, 0.2) is 17.3 Å². The molecule has 0 spiro atoms. The van der Waals surface area contributed by atoms with Crippen molar-refractivity contribution in [3.8, 4) is 17.2 Å². The highest BCUT2D eigenvalue weighted by atomic mass is 16.5. The Morgan fingerprint density at radius 1 is 1.13 bits per heavy atom. The van der Waals surface area contributed by atoms with Gasteiger partial charge in [0.25, 0.3) is 5.91 Å². The van der Waals surface area contributed by atoms with Crippen molar-refractivity contribution in [2.75, 3.05) is 59.4 Å². The fraction of sp³-hybridized carbons (Fsp3) is 0.476. The molecule has 1 aliphatic heterocycles. The molecule has 0 saturated carbocycles. The lowest BCUT2D eigenvalue weighted by Crippen LogP contribution is -2.42. The number of methoxy groups -OCH3 is 3. The molecule has 0 atom stereocenters. The second-order valence-corrected chi connectivity index (χ2v) is 7.12. The first-order chi connectivity index (χ1) is 15.0. The third kappa shape index (κ3) is 5.66. The van der Waals surface area contributed by atoms with Gasteiger partial charge in [-0.25, -0.2) is 0 Å². The van der Waals surface area contributed by atoms with Crippen LogP contribution < -0.4 is 19.5 Å². The molecule has 0 bridgehead atoms. The quantitative estimate of drug-likeness (QED) is 0.607. The van der Waals surface area contributed by atoms with Gasteiger partial charge in [0.1, 0.15) is 12.8 Å². The summed E-state index contributed by atoms with van der Waals surface area (Å²) >= 11 is 0. The summed E-state index contributed by atoms with van der Waals surface area (Å²) in [5.41, 5.74) is 0.338. The van der Waals surface area contributed by atoms with Crippen molar-refractivity contribution >= 4 is 17.6 Å². The minimum atomic E-state index is -0.365. The van der Waals surface area contributed by atoms with E-state index >= 15 is 0 Å². The number of benzene rings is 1. The van der Waals surface area contributed by atoms with Gasteiger partial charge in [-0.2, -0.15) is 0 Å². The molecule has 1 fully saturated rings. The number of rotatable bonds is 10. The lowest BCUT2D eigenvalue weighted by atomic mass is 10.1. The molecule has 31 heavy (non-hydrogen) atoms. The van der Waals surface area contributed by atoms with E-state index in [2.05, 4.69) is 15.4 Å². The molecule has 2 amide bonds. The molecule has 2 heterocycles. The molecule has 0 aliphatic carbocycles. The van der Waals surface area contributed by atoms with Gasteiger partial charge in [0, 0.05) is 24.7 Å². The Morgan fingerprint density at radius 3 is 2.35 bits per heavy atom. The molecule has 2 aromatic rings. The predicted octanol–water partition coefficient (Wildman–Crippen LogP) is 1.88. The zero-order chi connectivity index (χ0) is 22.2. The summed E-state index contributed by atoms with van der Waals surface area (Å²) in [6.07, 6.45) is 3.66. The van der Waals surface area contributed by atoms with Crippen molar-refractivity contribution < 1.29 is 28.3 Å². The zero-order valence-electron chi connectivity index (χ0n) is 18.1. The van der Waals surface area contributed by atoms with Crippen LogP contribution in [0.5, 0.6) is 17.2 Å². The second-order valence-electron chi connectivity index (χ2n) is 7.12. The minimum Gasteiger partial charge on any atom is -0.493 e. The van der Waals surface area contributed by atoms with E-state index in [9.17, 15) is 9.59 Å². The van der Waals surface area contributed by atoms with Gasteiger partial charge >= 0.3 is 0 Å². The molecule has 10 heteroatoms. The number of anilines is 1. The fourth-order valence-corrected chi connectivity index (χ4v) is 3.54. The van der Waals surface area contributed by atoms with Crippen molar-refractivity contribution in [2.45, 2.75) is 12.8 Å². The van der Waals surface area contributed by atoms with Crippen LogP contribution in [0.1, 0.15) is 23.2 Å². The van der Waals surface area contributed by atoms with Crippen molar-refractivity contribution in [3.63, 3.8) is 0 Å². The van der Waals surface area contributed by atoms with Crippen LogP contribution in [0.2, 0.25) is 0 Å². The lowest BCUT2D eigenvalue weighted by molar-refractivity contribution is -0.117. The Bertz CT molecular complexity index is 855. The van der Waals surface area contributed by atoms with Crippen molar-refractivity contribution in [1.29, 1.82) is 0 Å². The highest BCUT2D eigenvalue weighted by Crippen LogP contribution is 2.38. The number of likely N-dealkylation sites (tertiary alicyclic amines) is 1. The van der Waals surface area contributed by atoms with Gasteiger partial charge < -0.3 is 33.9 Å². The number of nitrogens with zero attached hydrogens (tertiary/aromatic N) is 3. The molecule has 3 rings (SSSR count). The SMILES string of the molecule is COc1cc(C(=O)N(CCN2CCCC2)CC(=O)Nc2ccon2)cc(OC)c1OC. The Labute approximate surface area is 181 Å². The number of hydrogen-bond donors (Lipinski definition) is 1. The maximum absolute atomic E-state index is 13.4. The van der Waals surface area contributed by atoms with Gasteiger partial charge in [-0.1, -0.05) is 5.16 Å². The maximum atomic E-state index is 13.4. The van der Waals surface area contributed by atoms with Crippen molar-refractivity contribution in [2.24, 2.45) is 0 Å². The third-order valence-corrected chi connectivity index (χ3v) is 5.12. The summed E-state index contributed by atoms with van der Waals surface area (Å²) in [5.74, 6) is 0.761. The second kappa shape index (κ2) is 10.7. The van der Waals surface area contributed by atoms with Crippen LogP contribution >= 0.6 is 0 Å². The van der Waals surface area contributed by atoms with Gasteiger partial charge in [-0.3, -0.25) is 9.59 Å². The van der Waals surface area contributed by atoms with Crippen molar-refractivity contribution in [1.82, 2.24) is 15.0 Å². The summed E-state index contributed by atoms with van der Waals surface area (Å²) in [6.45, 7) is 2.96. The topological polar surface area (TPSA) is 106 Å². The molecule has 1 aromatic heterocycles. The van der Waals surface area contributed by atoms with Crippen LogP contribution in [-0.2, 0) is 4.79 Å². The Balaban J connectivity index is 1.80. The molecule has 168 valence electrons. The summed E-state index contributed by atoms with van der Waals surface area (Å²) in [6, 6.07) is 4.71. The van der Waals surface area contributed by atoms with Crippen LogP contribution in [0, 0.1) is 0 Å². The van der Waals surface area contributed by atoms with Gasteiger partial charge in [0.2, 0.25) is 11.7 Å². The maximum Gasteiger partial charge on any atom is 0.254 e. The van der Waals surface area contributed by atoms with E-state index in [1.165, 1.54) is 38.6 Å². The first-order valence-electron chi connectivity index (χ1n) is 10.1. The molecule has 0 radical (unpaired) electrons. The van der Waals surface area contributed by atoms with Gasteiger partial charge in [0.05, 0.1) is 21.3 Å². The standard InChI is InChI=1S/C21H28N4O6/c1-28-16-12-15(13-17(29-2)20(16)30-3)21(27)25(10-9-24-7-4-5-8-24)14-19(26)22-18-6-11-31-23-18/h6,11-13H,4-5,7-10,14H2,1-3H3,(H,22,23,26). The number of hydrogen-bond acceptors (Lipinski definition) is 8. The monoisotopic (exact) mass is 432 g/mol. The molecule has 0 unspecified atom stereocenters. The Morgan fingerprint density at radius 2 is 1.81 bits per heavy atom. The molecule has 10 nitrogen and oxygen atoms in total. The van der Waals surface area contributed by atoms with E-state index in [0.717, 1.165) is 25.9 Å². The number of ether oxygens (including phenoxy) is 3. The van der Waals surface area contributed by atoms with Crippen LogP contribution in [0.3, 0.4) is 0 Å². The number of carbonyl (C=O) groups is 2. The molecule has 1 aliphatic rings. The number of carbonyl (C=O) groups excluding carboxylic acids is 2. The molecule has 1 aromatic carbocycles. The number of amides is 2. The van der Waals surface area contributed by atoms with Crippen LogP contribution in [0.15, 0.2) is 29.0 Å². The summed E-state index contributed by atoms with van der Waals surface area (Å²) in [4.78, 5) is 29.7. The van der Waals surface area contributed by atoms with E-state index in [4.69, 9.17) is 18.7 Å². The van der Waals surface area contributed by atoms with E-state index < -0.39 is 0 Å². The predicted molar refractivity (Wildman–Crippen MR) is 113 cm³/mol. The van der Waals surface area contributed by atoms with Crippen LogP contribution in [0.4, 0.5) is 5.82 Å². The Hall–Kier alpha value is -3.27. The zero-order valence-corrected chi connectivity index (χ0v) is 18.1. The van der Waals surface area contributed by atoms with Gasteiger partial charge in [-0.15, -0.1) is 0 Å². The average Bonchev–Trinajstić information content (AvgIpc) is 3.49. The van der Waals surface area contributed by atoms with Gasteiger partial charge in [-0.05, 0) is 38.1 Å². The summed E-state index contributed by atoms with van der Waals surface area (Å²) in [5, 5.41) is 6.30. The molecule has 1 N–H and O–H groups in total. The first kappa shape index (κ1) is 22.4.